The number of hydrogen-bond donors (Lipinski definition) is 0. The van der Waals surface area contributed by atoms with Crippen LogP contribution in [0.5, 0.6) is 0 Å². The fourth-order valence-corrected chi connectivity index (χ4v) is 3.26. The summed E-state index contributed by atoms with van der Waals surface area (Å²) in [5.74, 6) is 0. The van der Waals surface area contributed by atoms with Crippen molar-refractivity contribution in [2.75, 3.05) is 39.5 Å². The smallest absolute Gasteiger partial charge is 0.351 e. The fraction of sp³-hybridized carbons (Fsp3) is 0.846. The fourth-order valence-electron chi connectivity index (χ4n) is 2.04. The molecule has 0 aliphatic carbocycles. The third-order valence-electron chi connectivity index (χ3n) is 2.97. The summed E-state index contributed by atoms with van der Waals surface area (Å²) >= 11 is 0. The largest absolute Gasteiger partial charge is 0.500 e. The first-order valence-electron chi connectivity index (χ1n) is 7.10. The molecule has 0 unspecified atom stereocenters. The molecule has 106 valence electrons. The summed E-state index contributed by atoms with van der Waals surface area (Å²) in [6.45, 7) is 9.62. The van der Waals surface area contributed by atoms with Gasteiger partial charge in [0.2, 0.25) is 0 Å². The van der Waals surface area contributed by atoms with Crippen LogP contribution in [0.2, 0.25) is 0 Å². The normalized spacial score (nSPS) is 17.7. The Morgan fingerprint density at radius 1 is 1.06 bits per heavy atom. The van der Waals surface area contributed by atoms with Gasteiger partial charge >= 0.3 is 9.28 Å². The SMILES string of the molecule is CCO[SiH](C=COCCN1CCCCC1)OCC. The first-order valence-corrected chi connectivity index (χ1v) is 8.71. The number of piperidine rings is 1. The van der Waals surface area contributed by atoms with E-state index in [2.05, 4.69) is 4.90 Å². The van der Waals surface area contributed by atoms with Crippen molar-refractivity contribution in [1.29, 1.82) is 0 Å². The lowest BCUT2D eigenvalue weighted by Gasteiger charge is -2.25. The molecule has 1 saturated heterocycles. The topological polar surface area (TPSA) is 30.9 Å². The van der Waals surface area contributed by atoms with Crippen molar-refractivity contribution in [3.8, 4) is 0 Å². The van der Waals surface area contributed by atoms with Crippen LogP contribution in [-0.2, 0) is 13.6 Å². The molecule has 0 aromatic rings. The Kier molecular flexibility index (Phi) is 9.20. The predicted molar refractivity (Wildman–Crippen MR) is 75.8 cm³/mol. The predicted octanol–water partition coefficient (Wildman–Crippen LogP) is 1.84. The van der Waals surface area contributed by atoms with Gasteiger partial charge in [0.25, 0.3) is 0 Å². The summed E-state index contributed by atoms with van der Waals surface area (Å²) in [5, 5.41) is 0. The highest BCUT2D eigenvalue weighted by atomic mass is 28.3. The average molecular weight is 273 g/mol. The van der Waals surface area contributed by atoms with Gasteiger partial charge in [-0.1, -0.05) is 6.42 Å². The van der Waals surface area contributed by atoms with Gasteiger partial charge in [-0.05, 0) is 45.5 Å². The molecule has 1 aliphatic heterocycles. The molecule has 0 spiro atoms. The van der Waals surface area contributed by atoms with Gasteiger partial charge in [0, 0.05) is 19.8 Å². The number of hydrogen-bond acceptors (Lipinski definition) is 4. The molecular weight excluding hydrogens is 246 g/mol. The monoisotopic (exact) mass is 273 g/mol. The molecule has 0 aromatic carbocycles. The minimum absolute atomic E-state index is 0.703. The van der Waals surface area contributed by atoms with E-state index in [1.807, 2.05) is 19.5 Å². The zero-order chi connectivity index (χ0) is 13.1. The third kappa shape index (κ3) is 7.16. The van der Waals surface area contributed by atoms with Gasteiger partial charge in [-0.2, -0.15) is 0 Å². The molecular formula is C13H27NO3Si. The Hall–Kier alpha value is -0.363. The standard InChI is InChI=1S/C13H27NO3Si/c1-3-16-18(17-4-2)13-12-15-11-10-14-8-6-5-7-9-14/h12-13,18H,3-11H2,1-2H3. The molecule has 0 N–H and O–H groups in total. The van der Waals surface area contributed by atoms with Crippen molar-refractivity contribution in [2.45, 2.75) is 33.1 Å². The average Bonchev–Trinajstić information content (AvgIpc) is 2.40. The van der Waals surface area contributed by atoms with Gasteiger partial charge in [0.1, 0.15) is 0 Å². The van der Waals surface area contributed by atoms with Crippen LogP contribution in [0.4, 0.5) is 0 Å². The van der Waals surface area contributed by atoms with Crippen LogP contribution in [0, 0.1) is 0 Å². The van der Waals surface area contributed by atoms with Crippen LogP contribution in [0.25, 0.3) is 0 Å². The second-order valence-corrected chi connectivity index (χ2v) is 6.17. The highest BCUT2D eigenvalue weighted by Gasteiger charge is 2.09. The first kappa shape index (κ1) is 15.7. The lowest BCUT2D eigenvalue weighted by molar-refractivity contribution is 0.158. The molecule has 0 radical (unpaired) electrons. The molecule has 0 atom stereocenters. The molecule has 1 fully saturated rings. The quantitative estimate of drug-likeness (QED) is 0.364. The Morgan fingerprint density at radius 2 is 1.72 bits per heavy atom. The molecule has 5 heteroatoms. The van der Waals surface area contributed by atoms with E-state index in [-0.39, 0.29) is 0 Å². The van der Waals surface area contributed by atoms with Crippen LogP contribution in [0.1, 0.15) is 33.1 Å². The maximum Gasteiger partial charge on any atom is 0.351 e. The lowest BCUT2D eigenvalue weighted by atomic mass is 10.1. The van der Waals surface area contributed by atoms with Crippen molar-refractivity contribution in [3.63, 3.8) is 0 Å². The van der Waals surface area contributed by atoms with E-state index in [0.717, 1.165) is 13.2 Å². The van der Waals surface area contributed by atoms with Crippen molar-refractivity contribution in [3.05, 3.63) is 12.0 Å². The van der Waals surface area contributed by atoms with E-state index in [4.69, 9.17) is 13.6 Å². The first-order chi connectivity index (χ1) is 8.86. The molecule has 1 rings (SSSR count). The van der Waals surface area contributed by atoms with Crippen LogP contribution in [-0.4, -0.2) is 53.6 Å². The summed E-state index contributed by atoms with van der Waals surface area (Å²) in [6, 6.07) is 0. The summed E-state index contributed by atoms with van der Waals surface area (Å²) in [6.07, 6.45) is 5.80. The van der Waals surface area contributed by atoms with Crippen LogP contribution >= 0.6 is 0 Å². The summed E-state index contributed by atoms with van der Waals surface area (Å²) in [7, 11) is -1.63. The van der Waals surface area contributed by atoms with Gasteiger partial charge in [-0.15, -0.1) is 0 Å². The van der Waals surface area contributed by atoms with Crippen LogP contribution < -0.4 is 0 Å². The van der Waals surface area contributed by atoms with E-state index in [1.54, 1.807) is 6.26 Å². The number of likely N-dealkylation sites (tertiary alicyclic amines) is 1. The Morgan fingerprint density at radius 3 is 2.33 bits per heavy atom. The number of nitrogens with zero attached hydrogens (tertiary/aromatic N) is 1. The second-order valence-electron chi connectivity index (χ2n) is 4.38. The third-order valence-corrected chi connectivity index (χ3v) is 4.76. The molecule has 4 nitrogen and oxygen atoms in total. The van der Waals surface area contributed by atoms with E-state index in [9.17, 15) is 0 Å². The van der Waals surface area contributed by atoms with Crippen molar-refractivity contribution in [1.82, 2.24) is 4.90 Å². The zero-order valence-electron chi connectivity index (χ0n) is 11.8. The van der Waals surface area contributed by atoms with E-state index in [0.29, 0.717) is 13.2 Å². The Bertz CT molecular complexity index is 214. The molecule has 0 aromatic heterocycles. The molecule has 1 aliphatic rings. The van der Waals surface area contributed by atoms with Crippen molar-refractivity contribution >= 4 is 9.28 Å². The minimum Gasteiger partial charge on any atom is -0.500 e. The number of rotatable bonds is 9. The molecule has 0 bridgehead atoms. The maximum absolute atomic E-state index is 5.52. The van der Waals surface area contributed by atoms with E-state index >= 15 is 0 Å². The highest BCUT2D eigenvalue weighted by molar-refractivity contribution is 6.50. The van der Waals surface area contributed by atoms with Crippen molar-refractivity contribution < 1.29 is 13.6 Å². The number of ether oxygens (including phenoxy) is 1. The lowest BCUT2D eigenvalue weighted by Crippen LogP contribution is -2.32. The Labute approximate surface area is 113 Å². The molecule has 0 amide bonds. The van der Waals surface area contributed by atoms with Crippen LogP contribution in [0.15, 0.2) is 12.0 Å². The Balaban J connectivity index is 2.07. The van der Waals surface area contributed by atoms with E-state index < -0.39 is 9.28 Å². The highest BCUT2D eigenvalue weighted by Crippen LogP contribution is 2.07. The summed E-state index contributed by atoms with van der Waals surface area (Å²) in [4.78, 5) is 2.47. The maximum atomic E-state index is 5.52. The zero-order valence-corrected chi connectivity index (χ0v) is 12.9. The van der Waals surface area contributed by atoms with Crippen molar-refractivity contribution in [2.24, 2.45) is 0 Å². The van der Waals surface area contributed by atoms with Gasteiger partial charge in [-0.3, -0.25) is 4.90 Å². The minimum atomic E-state index is -1.63. The van der Waals surface area contributed by atoms with Gasteiger partial charge in [0.05, 0.1) is 12.9 Å². The summed E-state index contributed by atoms with van der Waals surface area (Å²) < 4.78 is 16.5. The van der Waals surface area contributed by atoms with Gasteiger partial charge in [-0.25, -0.2) is 0 Å². The van der Waals surface area contributed by atoms with Gasteiger partial charge < -0.3 is 13.6 Å². The molecule has 1 heterocycles. The molecule has 18 heavy (non-hydrogen) atoms. The second kappa shape index (κ2) is 10.5. The molecule has 0 saturated carbocycles. The summed E-state index contributed by atoms with van der Waals surface area (Å²) in [5.41, 5.74) is 1.96. The van der Waals surface area contributed by atoms with Crippen LogP contribution in [0.3, 0.4) is 0 Å². The van der Waals surface area contributed by atoms with E-state index in [1.165, 1.54) is 32.4 Å². The van der Waals surface area contributed by atoms with Gasteiger partial charge in [0.15, 0.2) is 0 Å².